The van der Waals surface area contributed by atoms with Gasteiger partial charge in [0.15, 0.2) is 0 Å². The molecule has 0 aliphatic rings. The maximum Gasteiger partial charge on any atom is 0.104 e. The van der Waals surface area contributed by atoms with Crippen molar-refractivity contribution in [1.29, 1.82) is 0 Å². The SMILES string of the molecule is CCCCCCCCCCCCCCCCOC[C@H](COCc1cccc(-c2ccccn2)n1)OCCCCCCCCCCCCCCCC. The zero-order valence-corrected chi connectivity index (χ0v) is 33.6. The fraction of sp³-hybridized carbons (Fsp3) is 0.783. The summed E-state index contributed by atoms with van der Waals surface area (Å²) in [5.41, 5.74) is 2.66. The molecule has 1 atom stereocenters. The third-order valence-electron chi connectivity index (χ3n) is 10.1. The Bertz CT molecular complexity index is 987. The van der Waals surface area contributed by atoms with E-state index in [-0.39, 0.29) is 6.10 Å². The predicted octanol–water partition coefficient (Wildman–Crippen LogP) is 14.0. The van der Waals surface area contributed by atoms with Gasteiger partial charge < -0.3 is 14.2 Å². The van der Waals surface area contributed by atoms with E-state index in [1.54, 1.807) is 6.20 Å². The van der Waals surface area contributed by atoms with Crippen LogP contribution >= 0.6 is 0 Å². The van der Waals surface area contributed by atoms with Crippen molar-refractivity contribution in [1.82, 2.24) is 9.97 Å². The summed E-state index contributed by atoms with van der Waals surface area (Å²) in [4.78, 5) is 9.21. The molecule has 0 fully saturated rings. The number of aromatic nitrogens is 2. The number of ether oxygens (including phenoxy) is 3. The molecule has 0 aliphatic heterocycles. The third kappa shape index (κ3) is 27.5. The number of rotatable bonds is 38. The molecule has 0 saturated carbocycles. The molecule has 0 aliphatic carbocycles. The number of hydrogen-bond acceptors (Lipinski definition) is 5. The van der Waals surface area contributed by atoms with Crippen molar-refractivity contribution >= 4 is 0 Å². The van der Waals surface area contributed by atoms with E-state index in [1.807, 2.05) is 36.4 Å². The van der Waals surface area contributed by atoms with Gasteiger partial charge in [0.05, 0.1) is 36.9 Å². The Morgan fingerprint density at radius 1 is 0.451 bits per heavy atom. The van der Waals surface area contributed by atoms with Crippen LogP contribution < -0.4 is 0 Å². The summed E-state index contributed by atoms with van der Waals surface area (Å²) >= 11 is 0. The predicted molar refractivity (Wildman–Crippen MR) is 218 cm³/mol. The van der Waals surface area contributed by atoms with E-state index in [0.717, 1.165) is 43.1 Å². The lowest BCUT2D eigenvalue weighted by Crippen LogP contribution is -2.26. The minimum Gasteiger partial charge on any atom is -0.379 e. The molecule has 0 unspecified atom stereocenters. The summed E-state index contributed by atoms with van der Waals surface area (Å²) in [6, 6.07) is 12.0. The first-order chi connectivity index (χ1) is 25.3. The van der Waals surface area contributed by atoms with Gasteiger partial charge in [0.1, 0.15) is 6.10 Å². The van der Waals surface area contributed by atoms with Crippen molar-refractivity contribution in [3.63, 3.8) is 0 Å². The fourth-order valence-electron chi connectivity index (χ4n) is 6.82. The minimum absolute atomic E-state index is 0.0439. The zero-order valence-electron chi connectivity index (χ0n) is 33.6. The highest BCUT2D eigenvalue weighted by atomic mass is 16.6. The molecular formula is C46H80N2O3. The Balaban J connectivity index is 1.56. The molecule has 2 aromatic heterocycles. The summed E-state index contributed by atoms with van der Waals surface area (Å²) in [6.45, 7) is 7.75. The second kappa shape index (κ2) is 35.2. The Kier molecular flexibility index (Phi) is 31.3. The van der Waals surface area contributed by atoms with Gasteiger partial charge in [-0.15, -0.1) is 0 Å². The molecule has 5 heteroatoms. The largest absolute Gasteiger partial charge is 0.379 e. The summed E-state index contributed by atoms with van der Waals surface area (Å²) in [6.07, 6.45) is 40.2. The quantitative estimate of drug-likeness (QED) is 0.0650. The summed E-state index contributed by atoms with van der Waals surface area (Å²) in [5, 5.41) is 0. The van der Waals surface area contributed by atoms with E-state index in [9.17, 15) is 0 Å². The Labute approximate surface area is 315 Å². The second-order valence-electron chi connectivity index (χ2n) is 15.0. The Hall–Kier alpha value is -1.82. The normalized spacial score (nSPS) is 12.1. The highest BCUT2D eigenvalue weighted by Crippen LogP contribution is 2.16. The van der Waals surface area contributed by atoms with Crippen LogP contribution in [0.5, 0.6) is 0 Å². The summed E-state index contributed by atoms with van der Waals surface area (Å²) in [7, 11) is 0. The lowest BCUT2D eigenvalue weighted by Gasteiger charge is -2.18. The van der Waals surface area contributed by atoms with Gasteiger partial charge in [0, 0.05) is 19.4 Å². The van der Waals surface area contributed by atoms with Crippen molar-refractivity contribution in [2.75, 3.05) is 26.4 Å². The lowest BCUT2D eigenvalue weighted by atomic mass is 10.0. The molecule has 5 nitrogen and oxygen atoms in total. The van der Waals surface area contributed by atoms with Gasteiger partial charge in [-0.05, 0) is 37.1 Å². The van der Waals surface area contributed by atoms with Crippen LogP contribution in [0.3, 0.4) is 0 Å². The van der Waals surface area contributed by atoms with Gasteiger partial charge >= 0.3 is 0 Å². The molecule has 292 valence electrons. The van der Waals surface area contributed by atoms with Gasteiger partial charge in [-0.1, -0.05) is 193 Å². The molecule has 2 rings (SSSR count). The van der Waals surface area contributed by atoms with Gasteiger partial charge in [-0.25, -0.2) is 4.98 Å². The molecule has 0 spiro atoms. The van der Waals surface area contributed by atoms with E-state index < -0.39 is 0 Å². The smallest absolute Gasteiger partial charge is 0.104 e. The van der Waals surface area contributed by atoms with E-state index in [2.05, 4.69) is 18.8 Å². The average Bonchev–Trinajstić information content (AvgIpc) is 3.16. The maximum absolute atomic E-state index is 6.32. The molecule has 0 aromatic carbocycles. The Morgan fingerprint density at radius 3 is 1.39 bits per heavy atom. The lowest BCUT2D eigenvalue weighted by molar-refractivity contribution is -0.0648. The van der Waals surface area contributed by atoms with Crippen molar-refractivity contribution in [3.8, 4) is 11.4 Å². The second-order valence-corrected chi connectivity index (χ2v) is 15.0. The first-order valence-electron chi connectivity index (χ1n) is 22.0. The van der Waals surface area contributed by atoms with Crippen molar-refractivity contribution in [2.45, 2.75) is 206 Å². The van der Waals surface area contributed by atoms with Crippen LogP contribution in [0.15, 0.2) is 42.6 Å². The number of pyridine rings is 2. The first-order valence-corrected chi connectivity index (χ1v) is 22.0. The summed E-state index contributed by atoms with van der Waals surface area (Å²) in [5.74, 6) is 0. The monoisotopic (exact) mass is 709 g/mol. The van der Waals surface area contributed by atoms with Crippen LogP contribution in [0.2, 0.25) is 0 Å². The van der Waals surface area contributed by atoms with Crippen LogP contribution in [-0.2, 0) is 20.8 Å². The van der Waals surface area contributed by atoms with Crippen molar-refractivity contribution < 1.29 is 14.2 Å². The topological polar surface area (TPSA) is 53.5 Å². The molecule has 0 N–H and O–H groups in total. The van der Waals surface area contributed by atoms with Gasteiger partial charge in [-0.2, -0.15) is 0 Å². The highest BCUT2D eigenvalue weighted by molar-refractivity contribution is 5.53. The zero-order chi connectivity index (χ0) is 36.1. The maximum atomic E-state index is 6.32. The molecule has 2 heterocycles. The fourth-order valence-corrected chi connectivity index (χ4v) is 6.82. The number of hydrogen-bond donors (Lipinski definition) is 0. The van der Waals surface area contributed by atoms with Crippen molar-refractivity contribution in [2.24, 2.45) is 0 Å². The average molecular weight is 709 g/mol. The third-order valence-corrected chi connectivity index (χ3v) is 10.1. The molecule has 2 aromatic rings. The van der Waals surface area contributed by atoms with Gasteiger partial charge in [0.2, 0.25) is 0 Å². The van der Waals surface area contributed by atoms with Crippen LogP contribution in [0.4, 0.5) is 0 Å². The molecule has 0 radical (unpaired) electrons. The molecule has 51 heavy (non-hydrogen) atoms. The standard InChI is InChI=1S/C46H80N2O3/c1-3-5-7-9-11-13-15-17-19-21-23-25-27-31-38-49-41-44(42-50-40-43-34-33-36-46(48-43)45-35-29-30-37-47-45)51-39-32-28-26-24-22-20-18-16-14-12-10-8-6-4-2/h29-30,33-37,44H,3-28,31-32,38-42H2,1-2H3/t44-/m1/s1. The van der Waals surface area contributed by atoms with Crippen LogP contribution in [0, 0.1) is 0 Å². The summed E-state index contributed by atoms with van der Waals surface area (Å²) < 4.78 is 18.6. The molecular weight excluding hydrogens is 629 g/mol. The van der Waals surface area contributed by atoms with Crippen LogP contribution in [-0.4, -0.2) is 42.5 Å². The van der Waals surface area contributed by atoms with Gasteiger partial charge in [-0.3, -0.25) is 4.98 Å². The number of nitrogens with zero attached hydrogens (tertiary/aromatic N) is 2. The van der Waals surface area contributed by atoms with E-state index in [4.69, 9.17) is 19.2 Å². The Morgan fingerprint density at radius 2 is 0.902 bits per heavy atom. The van der Waals surface area contributed by atoms with E-state index >= 15 is 0 Å². The number of unbranched alkanes of at least 4 members (excludes halogenated alkanes) is 26. The molecule has 0 bridgehead atoms. The van der Waals surface area contributed by atoms with E-state index in [0.29, 0.717) is 19.8 Å². The van der Waals surface area contributed by atoms with Crippen molar-refractivity contribution in [3.05, 3.63) is 48.3 Å². The van der Waals surface area contributed by atoms with Crippen LogP contribution in [0.1, 0.15) is 199 Å². The molecule has 0 amide bonds. The van der Waals surface area contributed by atoms with Crippen LogP contribution in [0.25, 0.3) is 11.4 Å². The molecule has 0 saturated heterocycles. The van der Waals surface area contributed by atoms with Gasteiger partial charge in [0.25, 0.3) is 0 Å². The minimum atomic E-state index is -0.0439. The highest BCUT2D eigenvalue weighted by Gasteiger charge is 2.11. The first kappa shape index (κ1) is 45.3. The van der Waals surface area contributed by atoms with E-state index in [1.165, 1.54) is 167 Å².